The summed E-state index contributed by atoms with van der Waals surface area (Å²) in [4.78, 5) is 51.6. The lowest BCUT2D eigenvalue weighted by atomic mass is 9.91. The lowest BCUT2D eigenvalue weighted by Gasteiger charge is -2.37. The Balaban J connectivity index is 1.17. The number of aromatic amines is 1. The Hall–Kier alpha value is -6.40. The molecule has 1 saturated carbocycles. The molecule has 334 valence electrons. The first-order valence-electron chi connectivity index (χ1n) is 21.4. The molecule has 0 bridgehead atoms. The fraction of sp³-hybridized carbons (Fsp3) is 0.370. The van der Waals surface area contributed by atoms with Crippen molar-refractivity contribution >= 4 is 38.1 Å². The minimum absolute atomic E-state index is 0.00179. The number of H-pyrrole nitrogens is 1. The monoisotopic (exact) mass is 893 g/mol. The Morgan fingerprint density at radius 3 is 2.41 bits per heavy atom. The number of rotatable bonds is 9. The molecule has 1 saturated heterocycles. The highest BCUT2D eigenvalue weighted by Crippen LogP contribution is 2.56. The van der Waals surface area contributed by atoms with Crippen molar-refractivity contribution in [3.05, 3.63) is 139 Å². The number of aromatic nitrogens is 5. The maximum absolute atomic E-state index is 15.7. The molecular weight excluding hydrogens is 845 g/mol. The fourth-order valence-electron chi connectivity index (χ4n) is 9.56. The van der Waals surface area contributed by atoms with Crippen LogP contribution in [0.4, 0.5) is 14.5 Å². The van der Waals surface area contributed by atoms with Gasteiger partial charge in [-0.2, -0.15) is 0 Å². The molecule has 3 aromatic heterocycles. The highest BCUT2D eigenvalue weighted by molar-refractivity contribution is 7.92. The Labute approximate surface area is 367 Å². The Bertz CT molecular complexity index is 3150. The second kappa shape index (κ2) is 16.0. The van der Waals surface area contributed by atoms with Gasteiger partial charge in [-0.3, -0.25) is 23.4 Å². The number of imidazole rings is 1. The van der Waals surface area contributed by atoms with Crippen molar-refractivity contribution in [1.82, 2.24) is 28.7 Å². The van der Waals surface area contributed by atoms with Gasteiger partial charge in [0.05, 0.1) is 32.0 Å². The number of benzene rings is 3. The number of fused-ring (bicyclic) bond motifs is 1. The molecule has 0 radical (unpaired) electrons. The first kappa shape index (κ1) is 42.9. The second-order valence-corrected chi connectivity index (χ2v) is 19.5. The van der Waals surface area contributed by atoms with Crippen LogP contribution in [0, 0.1) is 36.2 Å². The number of nitrogens with one attached hydrogen (secondary N) is 2. The molecule has 2 aliphatic heterocycles. The number of ether oxygens (including phenoxy) is 1. The Kier molecular flexibility index (Phi) is 10.7. The SMILES string of the molecule is CC[S@@](=N)(=O)c1ccc(-n2ccn(C(=Nc3cc(C)c(F)c(C)c3)C3=C(N)CCN(C(=O)c4cc5cc(C6CCOCC6)ccc5n4[C@@]4(c5noc(=O)[nH]5)C[C@@H]4C)[C@H]3C)c2=O)c(F)c1. The average molecular weight is 894 g/mol. The van der Waals surface area contributed by atoms with E-state index in [2.05, 4.69) is 22.3 Å². The molecule has 1 aliphatic carbocycles. The summed E-state index contributed by atoms with van der Waals surface area (Å²) in [7, 11) is -3.24. The minimum atomic E-state index is -3.24. The predicted molar refractivity (Wildman–Crippen MR) is 237 cm³/mol. The maximum atomic E-state index is 15.7. The molecule has 6 aromatic rings. The van der Waals surface area contributed by atoms with Crippen LogP contribution in [0.5, 0.6) is 0 Å². The van der Waals surface area contributed by atoms with Crippen molar-refractivity contribution in [3.8, 4) is 5.69 Å². The van der Waals surface area contributed by atoms with Gasteiger partial charge in [-0.1, -0.05) is 25.1 Å². The van der Waals surface area contributed by atoms with Crippen LogP contribution in [0.3, 0.4) is 0 Å². The van der Waals surface area contributed by atoms with E-state index in [1.54, 1.807) is 44.7 Å². The van der Waals surface area contributed by atoms with Gasteiger partial charge in [-0.05, 0) is 117 Å². The molecule has 18 heteroatoms. The van der Waals surface area contributed by atoms with Gasteiger partial charge in [-0.25, -0.2) is 32.4 Å². The quantitative estimate of drug-likeness (QED) is 0.102. The number of aryl methyl sites for hydroxylation is 2. The summed E-state index contributed by atoms with van der Waals surface area (Å²) in [6.45, 7) is 10.2. The van der Waals surface area contributed by atoms with Gasteiger partial charge < -0.3 is 19.9 Å². The van der Waals surface area contributed by atoms with E-state index in [1.165, 1.54) is 29.1 Å². The maximum Gasteiger partial charge on any atom is 0.438 e. The van der Waals surface area contributed by atoms with E-state index < -0.39 is 44.4 Å². The normalized spacial score (nSPS) is 21.7. The summed E-state index contributed by atoms with van der Waals surface area (Å²) in [6, 6.07) is 14.1. The molecule has 9 rings (SSSR count). The molecule has 4 atom stereocenters. The number of halogens is 2. The summed E-state index contributed by atoms with van der Waals surface area (Å²) in [6.07, 6.45) is 5.31. The van der Waals surface area contributed by atoms with Crippen molar-refractivity contribution in [2.45, 2.75) is 82.7 Å². The molecular formula is C46H49F2N9O6S. The lowest BCUT2D eigenvalue weighted by Crippen LogP contribution is -2.49. The summed E-state index contributed by atoms with van der Waals surface area (Å²) >= 11 is 0. The molecule has 3 aliphatic rings. The van der Waals surface area contributed by atoms with E-state index in [0.29, 0.717) is 65.2 Å². The zero-order valence-electron chi connectivity index (χ0n) is 36.1. The van der Waals surface area contributed by atoms with Crippen LogP contribution in [-0.2, 0) is 20.0 Å². The molecule has 0 unspecified atom stereocenters. The highest BCUT2D eigenvalue weighted by Gasteiger charge is 2.59. The van der Waals surface area contributed by atoms with E-state index in [9.17, 15) is 18.2 Å². The Morgan fingerprint density at radius 1 is 1.05 bits per heavy atom. The third-order valence-electron chi connectivity index (χ3n) is 13.2. The Morgan fingerprint density at radius 2 is 1.77 bits per heavy atom. The molecule has 64 heavy (non-hydrogen) atoms. The molecule has 0 spiro atoms. The highest BCUT2D eigenvalue weighted by atomic mass is 32.2. The number of hydrogen-bond donors (Lipinski definition) is 3. The largest absolute Gasteiger partial charge is 0.438 e. The summed E-state index contributed by atoms with van der Waals surface area (Å²) in [5, 5.41) is 4.97. The summed E-state index contributed by atoms with van der Waals surface area (Å²) in [5.74, 6) is -1.70. The number of amides is 1. The number of carbonyl (C=O) groups excluding carboxylic acids is 1. The zero-order chi connectivity index (χ0) is 45.4. The standard InChI is InChI=1S/C46H49F2N9O6S/c1-6-64(50,61)33-8-10-37(34(47)23-33)55-15-16-56(45(55)60)41(51-32-19-25(2)40(48)26(3)20-32)39-28(5)54(14-11-35(39)49)42(58)38-22-31-21-30(29-12-17-62-18-13-29)7-9-36(31)57(38)46(24-27(46)4)43-52-44(59)63-53-43/h7-10,15-16,19-23,27-29,50H,6,11-14,17-18,24,49H2,1-5H3,(H,52,53,59)/t27-,28-,46-,64+/m0/s1. The van der Waals surface area contributed by atoms with Crippen LogP contribution in [0.25, 0.3) is 16.6 Å². The van der Waals surface area contributed by atoms with E-state index in [0.717, 1.165) is 39.9 Å². The summed E-state index contributed by atoms with van der Waals surface area (Å²) in [5.41, 5.74) is 9.05. The smallest absolute Gasteiger partial charge is 0.402 e. The minimum Gasteiger partial charge on any atom is -0.402 e. The molecule has 1 amide bonds. The van der Waals surface area contributed by atoms with Gasteiger partial charge in [0.15, 0.2) is 5.82 Å². The molecule has 15 nitrogen and oxygen atoms in total. The van der Waals surface area contributed by atoms with E-state index in [4.69, 9.17) is 24.8 Å². The second-order valence-electron chi connectivity index (χ2n) is 17.1. The first-order chi connectivity index (χ1) is 30.5. The van der Waals surface area contributed by atoms with Gasteiger partial charge in [0.25, 0.3) is 5.91 Å². The number of carbonyl (C=O) groups is 1. The van der Waals surface area contributed by atoms with Crippen molar-refractivity contribution in [2.75, 3.05) is 25.5 Å². The van der Waals surface area contributed by atoms with Gasteiger partial charge in [0.2, 0.25) is 0 Å². The fourth-order valence-corrected chi connectivity index (χ4v) is 10.5. The van der Waals surface area contributed by atoms with Crippen LogP contribution < -0.4 is 17.2 Å². The average Bonchev–Trinajstić information content (AvgIpc) is 3.59. The topological polar surface area (TPSA) is 200 Å². The number of aliphatic imine (C=N–C) groups is 1. The van der Waals surface area contributed by atoms with Gasteiger partial charge in [0, 0.05) is 66.5 Å². The molecule has 4 N–H and O–H groups in total. The number of nitrogens with two attached hydrogens (primary N) is 1. The van der Waals surface area contributed by atoms with Crippen molar-refractivity contribution < 1.29 is 27.0 Å². The van der Waals surface area contributed by atoms with Crippen LogP contribution >= 0.6 is 0 Å². The number of hydrogen-bond acceptors (Lipinski definition) is 10. The van der Waals surface area contributed by atoms with Crippen molar-refractivity contribution in [1.29, 1.82) is 4.78 Å². The first-order valence-corrected chi connectivity index (χ1v) is 23.1. The lowest BCUT2D eigenvalue weighted by molar-refractivity contribution is 0.0697. The van der Waals surface area contributed by atoms with E-state index in [-0.39, 0.29) is 47.0 Å². The van der Waals surface area contributed by atoms with Crippen LogP contribution in [-0.4, -0.2) is 76.2 Å². The van der Waals surface area contributed by atoms with E-state index in [1.807, 2.05) is 23.6 Å². The number of nitrogens with zero attached hydrogens (tertiary/aromatic N) is 6. The van der Waals surface area contributed by atoms with Crippen LogP contribution in [0.1, 0.15) is 85.4 Å². The zero-order valence-corrected chi connectivity index (χ0v) is 36.9. The van der Waals surface area contributed by atoms with E-state index >= 15 is 9.18 Å². The third kappa shape index (κ3) is 7.12. The van der Waals surface area contributed by atoms with Crippen molar-refractivity contribution in [2.24, 2.45) is 16.6 Å². The van der Waals surface area contributed by atoms with Gasteiger partial charge in [0.1, 0.15) is 28.7 Å². The molecule has 3 aromatic carbocycles. The third-order valence-corrected chi connectivity index (χ3v) is 15.1. The predicted octanol–water partition coefficient (Wildman–Crippen LogP) is 6.99. The van der Waals surface area contributed by atoms with Crippen LogP contribution in [0.15, 0.2) is 102 Å². The van der Waals surface area contributed by atoms with Gasteiger partial charge >= 0.3 is 11.4 Å². The summed E-state index contributed by atoms with van der Waals surface area (Å²) < 4.78 is 66.5. The molecule has 5 heterocycles. The molecule has 2 fully saturated rings. The van der Waals surface area contributed by atoms with Gasteiger partial charge in [-0.15, -0.1) is 0 Å². The van der Waals surface area contributed by atoms with Crippen LogP contribution in [0.2, 0.25) is 0 Å². The van der Waals surface area contributed by atoms with Crippen molar-refractivity contribution in [3.63, 3.8) is 0 Å².